The van der Waals surface area contributed by atoms with Gasteiger partial charge in [-0.05, 0) is 53.5 Å². The highest BCUT2D eigenvalue weighted by molar-refractivity contribution is 14.1. The quantitative estimate of drug-likeness (QED) is 0.848. The van der Waals surface area contributed by atoms with Crippen LogP contribution in [0.15, 0.2) is 18.2 Å². The van der Waals surface area contributed by atoms with E-state index in [2.05, 4.69) is 64.2 Å². The molecule has 0 radical (unpaired) electrons. The molecule has 0 saturated heterocycles. The Kier molecular flexibility index (Phi) is 4.19. The monoisotopic (exact) mass is 361 g/mol. The maximum atomic E-state index is 6.02. The van der Waals surface area contributed by atoms with E-state index in [0.717, 1.165) is 22.5 Å². The molecule has 1 aromatic carbocycles. The summed E-state index contributed by atoms with van der Waals surface area (Å²) < 4.78 is 3.32. The predicted molar refractivity (Wildman–Crippen MR) is 84.6 cm³/mol. The zero-order valence-electron chi connectivity index (χ0n) is 9.98. The van der Waals surface area contributed by atoms with E-state index in [0.29, 0.717) is 12.0 Å². The number of anilines is 1. The fraction of sp³-hybridized carbons (Fsp3) is 0.417. The number of rotatable bonds is 4. The van der Waals surface area contributed by atoms with Gasteiger partial charge in [-0.3, -0.25) is 0 Å². The molecule has 0 bridgehead atoms. The Morgan fingerprint density at radius 3 is 3.00 bits per heavy atom. The summed E-state index contributed by atoms with van der Waals surface area (Å²) in [6, 6.07) is 6.65. The molecule has 0 spiro atoms. The summed E-state index contributed by atoms with van der Waals surface area (Å²) >= 11 is 4.22. The normalized spacial score (nSPS) is 13.1. The standard InChI is InChI=1S/C12H16IN3S/c1-3-17-7-8(2)16-11-5-4-9(13)6-10(11)15-12(16)14/h4-6,8H,3,7H2,1-2H3,(H2,14,15). The Bertz CT molecular complexity index is 524. The van der Waals surface area contributed by atoms with Gasteiger partial charge in [-0.2, -0.15) is 11.8 Å². The lowest BCUT2D eigenvalue weighted by atomic mass is 10.3. The molecule has 92 valence electrons. The lowest BCUT2D eigenvalue weighted by Gasteiger charge is -2.15. The van der Waals surface area contributed by atoms with Crippen molar-refractivity contribution in [2.75, 3.05) is 17.2 Å². The van der Waals surface area contributed by atoms with Crippen LogP contribution in [0.2, 0.25) is 0 Å². The first-order chi connectivity index (χ1) is 8.13. The van der Waals surface area contributed by atoms with Crippen LogP contribution in [0.5, 0.6) is 0 Å². The van der Waals surface area contributed by atoms with Crippen LogP contribution in [0, 0.1) is 3.57 Å². The fourth-order valence-corrected chi connectivity index (χ4v) is 3.12. The number of aromatic nitrogens is 2. The van der Waals surface area contributed by atoms with Crippen molar-refractivity contribution >= 4 is 51.3 Å². The van der Waals surface area contributed by atoms with E-state index in [1.165, 1.54) is 3.57 Å². The molecule has 0 saturated carbocycles. The maximum absolute atomic E-state index is 6.02. The van der Waals surface area contributed by atoms with E-state index in [4.69, 9.17) is 5.73 Å². The molecule has 0 amide bonds. The zero-order valence-corrected chi connectivity index (χ0v) is 13.0. The van der Waals surface area contributed by atoms with Crippen molar-refractivity contribution in [1.82, 2.24) is 9.55 Å². The highest BCUT2D eigenvalue weighted by Crippen LogP contribution is 2.26. The summed E-state index contributed by atoms with van der Waals surface area (Å²) in [5, 5.41) is 0. The number of hydrogen-bond donors (Lipinski definition) is 1. The molecule has 0 aliphatic carbocycles. The average Bonchev–Trinajstić information content (AvgIpc) is 2.61. The number of nitrogen functional groups attached to an aromatic ring is 1. The van der Waals surface area contributed by atoms with Crippen LogP contribution in [0.1, 0.15) is 19.9 Å². The Labute approximate surface area is 119 Å². The third-order valence-electron chi connectivity index (χ3n) is 2.68. The largest absolute Gasteiger partial charge is 0.369 e. The summed E-state index contributed by atoms with van der Waals surface area (Å²) in [5.41, 5.74) is 8.14. The van der Waals surface area contributed by atoms with Crippen molar-refractivity contribution < 1.29 is 0 Å². The van der Waals surface area contributed by atoms with Gasteiger partial charge in [-0.15, -0.1) is 0 Å². The molecule has 1 heterocycles. The van der Waals surface area contributed by atoms with Crippen molar-refractivity contribution in [3.63, 3.8) is 0 Å². The molecule has 2 N–H and O–H groups in total. The summed E-state index contributed by atoms with van der Waals surface area (Å²) in [4.78, 5) is 4.43. The number of imidazole rings is 1. The van der Waals surface area contributed by atoms with E-state index >= 15 is 0 Å². The lowest BCUT2D eigenvalue weighted by Crippen LogP contribution is -2.11. The molecule has 5 heteroatoms. The molecule has 2 aromatic rings. The molecule has 1 unspecified atom stereocenters. The minimum atomic E-state index is 0.380. The summed E-state index contributed by atoms with van der Waals surface area (Å²) in [6.07, 6.45) is 0. The molecule has 1 aromatic heterocycles. The van der Waals surface area contributed by atoms with Gasteiger partial charge in [0.1, 0.15) is 0 Å². The minimum absolute atomic E-state index is 0.380. The van der Waals surface area contributed by atoms with E-state index < -0.39 is 0 Å². The van der Waals surface area contributed by atoms with Crippen molar-refractivity contribution in [3.05, 3.63) is 21.8 Å². The first-order valence-corrected chi connectivity index (χ1v) is 7.87. The van der Waals surface area contributed by atoms with Gasteiger partial charge in [0.15, 0.2) is 0 Å². The second-order valence-electron chi connectivity index (χ2n) is 3.98. The Morgan fingerprint density at radius 2 is 2.29 bits per heavy atom. The minimum Gasteiger partial charge on any atom is -0.369 e. The first kappa shape index (κ1) is 13.0. The van der Waals surface area contributed by atoms with Gasteiger partial charge in [0.2, 0.25) is 5.95 Å². The van der Waals surface area contributed by atoms with Crippen molar-refractivity contribution in [3.8, 4) is 0 Å². The van der Waals surface area contributed by atoms with Gasteiger partial charge in [0.25, 0.3) is 0 Å². The van der Waals surface area contributed by atoms with Gasteiger partial charge < -0.3 is 10.3 Å². The maximum Gasteiger partial charge on any atom is 0.201 e. The van der Waals surface area contributed by atoms with Crippen LogP contribution in [0.4, 0.5) is 5.95 Å². The van der Waals surface area contributed by atoms with Crippen molar-refractivity contribution in [1.29, 1.82) is 0 Å². The van der Waals surface area contributed by atoms with Crippen LogP contribution >= 0.6 is 34.4 Å². The molecular formula is C12H16IN3S. The number of halogens is 1. The predicted octanol–water partition coefficient (Wildman–Crippen LogP) is 3.54. The molecule has 1 atom stereocenters. The number of nitrogens with zero attached hydrogens (tertiary/aromatic N) is 2. The molecular weight excluding hydrogens is 345 g/mol. The van der Waals surface area contributed by atoms with E-state index in [-0.39, 0.29) is 0 Å². The fourth-order valence-electron chi connectivity index (χ4n) is 1.92. The van der Waals surface area contributed by atoms with Gasteiger partial charge in [0, 0.05) is 15.4 Å². The van der Waals surface area contributed by atoms with Gasteiger partial charge in [-0.25, -0.2) is 4.98 Å². The summed E-state index contributed by atoms with van der Waals surface area (Å²) in [7, 11) is 0. The van der Waals surface area contributed by atoms with E-state index in [9.17, 15) is 0 Å². The average molecular weight is 361 g/mol. The Balaban J connectivity index is 2.42. The number of hydrogen-bond acceptors (Lipinski definition) is 3. The number of thioether (sulfide) groups is 1. The zero-order chi connectivity index (χ0) is 12.4. The highest BCUT2D eigenvalue weighted by atomic mass is 127. The van der Waals surface area contributed by atoms with Crippen LogP contribution in [0.25, 0.3) is 11.0 Å². The van der Waals surface area contributed by atoms with Gasteiger partial charge >= 0.3 is 0 Å². The molecule has 2 rings (SSSR count). The van der Waals surface area contributed by atoms with Crippen molar-refractivity contribution in [2.45, 2.75) is 19.9 Å². The lowest BCUT2D eigenvalue weighted by molar-refractivity contribution is 0.637. The van der Waals surface area contributed by atoms with Crippen LogP contribution in [-0.4, -0.2) is 21.1 Å². The third-order valence-corrected chi connectivity index (χ3v) is 4.48. The smallest absolute Gasteiger partial charge is 0.201 e. The number of nitrogens with two attached hydrogens (primary N) is 1. The highest BCUT2D eigenvalue weighted by Gasteiger charge is 2.13. The molecule has 3 nitrogen and oxygen atoms in total. The van der Waals surface area contributed by atoms with Crippen molar-refractivity contribution in [2.24, 2.45) is 0 Å². The van der Waals surface area contributed by atoms with Crippen LogP contribution in [-0.2, 0) is 0 Å². The van der Waals surface area contributed by atoms with E-state index in [1.807, 2.05) is 11.8 Å². The van der Waals surface area contributed by atoms with Crippen LogP contribution < -0.4 is 5.73 Å². The Morgan fingerprint density at radius 1 is 1.53 bits per heavy atom. The van der Waals surface area contributed by atoms with Gasteiger partial charge in [0.05, 0.1) is 11.0 Å². The van der Waals surface area contributed by atoms with Crippen LogP contribution in [0.3, 0.4) is 0 Å². The first-order valence-electron chi connectivity index (χ1n) is 5.64. The second kappa shape index (κ2) is 5.48. The van der Waals surface area contributed by atoms with Gasteiger partial charge in [-0.1, -0.05) is 6.92 Å². The molecule has 0 fully saturated rings. The number of fused-ring (bicyclic) bond motifs is 1. The Hall–Kier alpha value is -0.430. The molecule has 17 heavy (non-hydrogen) atoms. The number of benzene rings is 1. The topological polar surface area (TPSA) is 43.8 Å². The second-order valence-corrected chi connectivity index (χ2v) is 6.55. The SMILES string of the molecule is CCSCC(C)n1c(N)nc2cc(I)ccc21. The summed E-state index contributed by atoms with van der Waals surface area (Å²) in [6.45, 7) is 4.37. The molecule has 0 aliphatic heterocycles. The van der Waals surface area contributed by atoms with E-state index in [1.54, 1.807) is 0 Å². The molecule has 0 aliphatic rings. The summed E-state index contributed by atoms with van der Waals surface area (Å²) in [5.74, 6) is 2.82. The third kappa shape index (κ3) is 2.70.